The highest BCUT2D eigenvalue weighted by molar-refractivity contribution is 5.20. The molecule has 1 nitrogen and oxygen atoms in total. The molecule has 0 radical (unpaired) electrons. The van der Waals surface area contributed by atoms with E-state index in [1.165, 1.54) is 5.56 Å². The monoisotopic (exact) mass is 216 g/mol. The molecule has 0 amide bonds. The first kappa shape index (κ1) is 12.8. The summed E-state index contributed by atoms with van der Waals surface area (Å²) in [7, 11) is 0. The lowest BCUT2D eigenvalue weighted by molar-refractivity contribution is 0.133. The molecule has 0 aliphatic rings. The Kier molecular flexibility index (Phi) is 5.67. The van der Waals surface area contributed by atoms with Crippen molar-refractivity contribution >= 4 is 0 Å². The Balaban J connectivity index is 2.62. The van der Waals surface area contributed by atoms with Crippen LogP contribution in [0.3, 0.4) is 0 Å². The van der Waals surface area contributed by atoms with Crippen LogP contribution in [0.1, 0.15) is 44.6 Å². The third kappa shape index (κ3) is 3.72. The Morgan fingerprint density at radius 2 is 1.94 bits per heavy atom. The highest BCUT2D eigenvalue weighted by Gasteiger charge is 2.18. The summed E-state index contributed by atoms with van der Waals surface area (Å²) >= 11 is 0. The summed E-state index contributed by atoms with van der Waals surface area (Å²) in [5.74, 6) is 6.09. The molecule has 0 saturated carbocycles. The van der Waals surface area contributed by atoms with Gasteiger partial charge >= 0.3 is 0 Å². The van der Waals surface area contributed by atoms with Crippen LogP contribution in [0.4, 0.5) is 0 Å². The van der Waals surface area contributed by atoms with Crippen molar-refractivity contribution in [3.05, 3.63) is 35.9 Å². The number of aliphatic hydroxyl groups is 1. The second kappa shape index (κ2) is 7.09. The zero-order chi connectivity index (χ0) is 11.8. The van der Waals surface area contributed by atoms with E-state index in [0.717, 1.165) is 19.3 Å². The first-order valence-corrected chi connectivity index (χ1v) is 5.92. The van der Waals surface area contributed by atoms with Crippen LogP contribution in [0.25, 0.3) is 0 Å². The highest BCUT2D eigenvalue weighted by Crippen LogP contribution is 2.25. The molecule has 1 heteroatoms. The predicted molar refractivity (Wildman–Crippen MR) is 68.2 cm³/mol. The van der Waals surface area contributed by atoms with Gasteiger partial charge in [0.05, 0.1) is 6.10 Å². The minimum absolute atomic E-state index is 0.236. The fourth-order valence-electron chi connectivity index (χ4n) is 1.98. The second-order valence-electron chi connectivity index (χ2n) is 3.96. The van der Waals surface area contributed by atoms with Gasteiger partial charge in [0, 0.05) is 12.3 Å². The lowest BCUT2D eigenvalue weighted by Gasteiger charge is -2.21. The van der Waals surface area contributed by atoms with E-state index >= 15 is 0 Å². The van der Waals surface area contributed by atoms with Crippen molar-refractivity contribution in [1.29, 1.82) is 0 Å². The van der Waals surface area contributed by atoms with Crippen LogP contribution in [0.2, 0.25) is 0 Å². The summed E-state index contributed by atoms with van der Waals surface area (Å²) in [6.45, 7) is 3.95. The average molecular weight is 216 g/mol. The molecule has 0 bridgehead atoms. The Morgan fingerprint density at radius 1 is 1.25 bits per heavy atom. The molecule has 2 unspecified atom stereocenters. The summed E-state index contributed by atoms with van der Waals surface area (Å²) in [4.78, 5) is 0. The minimum Gasteiger partial charge on any atom is -0.392 e. The van der Waals surface area contributed by atoms with E-state index in [4.69, 9.17) is 0 Å². The van der Waals surface area contributed by atoms with E-state index in [9.17, 15) is 5.11 Å². The standard InChI is InChI=1S/C15H20O/c1-3-5-7-12-15(16)14(4-2)13-10-8-6-9-11-13/h6,8-11,14-16H,4,7,12H2,1-2H3. The van der Waals surface area contributed by atoms with E-state index in [-0.39, 0.29) is 12.0 Å². The maximum Gasteiger partial charge on any atom is 0.0617 e. The fraction of sp³-hybridized carbons (Fsp3) is 0.467. The largest absolute Gasteiger partial charge is 0.392 e. The first-order valence-electron chi connectivity index (χ1n) is 5.92. The van der Waals surface area contributed by atoms with Gasteiger partial charge in [0.2, 0.25) is 0 Å². The van der Waals surface area contributed by atoms with Crippen LogP contribution in [0.15, 0.2) is 30.3 Å². The summed E-state index contributed by atoms with van der Waals surface area (Å²) in [6, 6.07) is 10.2. The smallest absolute Gasteiger partial charge is 0.0617 e. The van der Waals surface area contributed by atoms with Crippen molar-refractivity contribution in [3.8, 4) is 11.8 Å². The van der Waals surface area contributed by atoms with Crippen molar-refractivity contribution in [2.24, 2.45) is 0 Å². The molecule has 16 heavy (non-hydrogen) atoms. The number of hydrogen-bond donors (Lipinski definition) is 1. The van der Waals surface area contributed by atoms with Gasteiger partial charge in [-0.05, 0) is 25.3 Å². The summed E-state index contributed by atoms with van der Waals surface area (Å²) in [6.07, 6.45) is 2.22. The SMILES string of the molecule is CC#CCCC(O)C(CC)c1ccccc1. The molecule has 0 spiro atoms. The molecule has 1 rings (SSSR count). The fourth-order valence-corrected chi connectivity index (χ4v) is 1.98. The third-order valence-electron chi connectivity index (χ3n) is 2.87. The molecule has 1 aromatic carbocycles. The Bertz CT molecular complexity index is 345. The summed E-state index contributed by atoms with van der Waals surface area (Å²) < 4.78 is 0. The zero-order valence-electron chi connectivity index (χ0n) is 10.1. The van der Waals surface area contributed by atoms with Gasteiger partial charge in [0.15, 0.2) is 0 Å². The van der Waals surface area contributed by atoms with Crippen molar-refractivity contribution in [3.63, 3.8) is 0 Å². The molecule has 0 heterocycles. The van der Waals surface area contributed by atoms with Crippen LogP contribution < -0.4 is 0 Å². The van der Waals surface area contributed by atoms with E-state index in [0.29, 0.717) is 0 Å². The van der Waals surface area contributed by atoms with Gasteiger partial charge in [-0.3, -0.25) is 0 Å². The van der Waals surface area contributed by atoms with Crippen molar-refractivity contribution in [1.82, 2.24) is 0 Å². The van der Waals surface area contributed by atoms with Gasteiger partial charge in [-0.2, -0.15) is 0 Å². The topological polar surface area (TPSA) is 20.2 Å². The van der Waals surface area contributed by atoms with Crippen molar-refractivity contribution in [2.45, 2.75) is 45.1 Å². The van der Waals surface area contributed by atoms with Gasteiger partial charge in [0.1, 0.15) is 0 Å². The lowest BCUT2D eigenvalue weighted by atomic mass is 9.89. The molecule has 1 N–H and O–H groups in total. The van der Waals surface area contributed by atoms with E-state index in [1.54, 1.807) is 0 Å². The van der Waals surface area contributed by atoms with Gasteiger partial charge in [0.25, 0.3) is 0 Å². The Labute approximate surface area is 98.5 Å². The summed E-state index contributed by atoms with van der Waals surface area (Å²) in [5, 5.41) is 10.1. The highest BCUT2D eigenvalue weighted by atomic mass is 16.3. The molecule has 86 valence electrons. The van der Waals surface area contributed by atoms with Gasteiger partial charge in [-0.25, -0.2) is 0 Å². The van der Waals surface area contributed by atoms with Crippen LogP contribution in [-0.4, -0.2) is 11.2 Å². The number of rotatable bonds is 5. The Hall–Kier alpha value is -1.26. The normalized spacial score (nSPS) is 13.7. The minimum atomic E-state index is -0.284. The molecular weight excluding hydrogens is 196 g/mol. The van der Waals surface area contributed by atoms with E-state index < -0.39 is 0 Å². The van der Waals surface area contributed by atoms with E-state index in [1.807, 2.05) is 25.1 Å². The molecule has 0 fully saturated rings. The van der Waals surface area contributed by atoms with Gasteiger partial charge in [-0.1, -0.05) is 37.3 Å². The van der Waals surface area contributed by atoms with Gasteiger partial charge in [-0.15, -0.1) is 11.8 Å². The molecule has 0 aliphatic heterocycles. The van der Waals surface area contributed by atoms with E-state index in [2.05, 4.69) is 30.9 Å². The molecule has 2 atom stereocenters. The number of hydrogen-bond acceptors (Lipinski definition) is 1. The molecule has 0 aliphatic carbocycles. The first-order chi connectivity index (χ1) is 7.79. The van der Waals surface area contributed by atoms with Crippen molar-refractivity contribution < 1.29 is 5.11 Å². The van der Waals surface area contributed by atoms with Crippen LogP contribution >= 0.6 is 0 Å². The van der Waals surface area contributed by atoms with Crippen LogP contribution in [0.5, 0.6) is 0 Å². The molecular formula is C15H20O. The lowest BCUT2D eigenvalue weighted by Crippen LogP contribution is -2.17. The number of aliphatic hydroxyl groups excluding tert-OH is 1. The third-order valence-corrected chi connectivity index (χ3v) is 2.87. The van der Waals surface area contributed by atoms with Crippen molar-refractivity contribution in [2.75, 3.05) is 0 Å². The van der Waals surface area contributed by atoms with Crippen LogP contribution in [-0.2, 0) is 0 Å². The quantitative estimate of drug-likeness (QED) is 0.748. The molecule has 0 aromatic heterocycles. The number of benzene rings is 1. The van der Waals surface area contributed by atoms with Gasteiger partial charge < -0.3 is 5.11 Å². The summed E-state index contributed by atoms with van der Waals surface area (Å²) in [5.41, 5.74) is 1.22. The molecule has 1 aromatic rings. The molecule has 0 saturated heterocycles. The maximum atomic E-state index is 10.1. The Morgan fingerprint density at radius 3 is 2.50 bits per heavy atom. The predicted octanol–water partition coefficient (Wildman–Crippen LogP) is 3.34. The van der Waals surface area contributed by atoms with Crippen LogP contribution in [0, 0.1) is 11.8 Å². The maximum absolute atomic E-state index is 10.1. The second-order valence-corrected chi connectivity index (χ2v) is 3.96. The average Bonchev–Trinajstić information content (AvgIpc) is 2.32. The zero-order valence-corrected chi connectivity index (χ0v) is 10.1.